The summed E-state index contributed by atoms with van der Waals surface area (Å²) in [4.78, 5) is 2.37. The molecule has 64 heavy (non-hydrogen) atoms. The van der Waals surface area contributed by atoms with E-state index in [2.05, 4.69) is 216 Å². The van der Waals surface area contributed by atoms with Gasteiger partial charge in [-0.2, -0.15) is 0 Å². The summed E-state index contributed by atoms with van der Waals surface area (Å²) in [6.07, 6.45) is 0. The number of para-hydroxylation sites is 5. The molecule has 0 spiro atoms. The van der Waals surface area contributed by atoms with E-state index in [4.69, 9.17) is 8.83 Å². The molecular formula is C60H36N2O2. The quantitative estimate of drug-likeness (QED) is 0.162. The van der Waals surface area contributed by atoms with E-state index in [1.54, 1.807) is 0 Å². The summed E-state index contributed by atoms with van der Waals surface area (Å²) in [7, 11) is 0. The van der Waals surface area contributed by atoms with Crippen molar-refractivity contribution in [3.8, 4) is 16.8 Å². The molecule has 0 saturated carbocycles. The van der Waals surface area contributed by atoms with Crippen LogP contribution < -0.4 is 4.90 Å². The third kappa shape index (κ3) is 4.99. The van der Waals surface area contributed by atoms with E-state index in [9.17, 15) is 0 Å². The van der Waals surface area contributed by atoms with Crippen molar-refractivity contribution in [3.05, 3.63) is 218 Å². The molecule has 0 aliphatic rings. The van der Waals surface area contributed by atoms with E-state index in [1.807, 2.05) is 12.1 Å². The first-order valence-corrected chi connectivity index (χ1v) is 21.8. The average Bonchev–Trinajstić information content (AvgIpc) is 4.03. The van der Waals surface area contributed by atoms with Gasteiger partial charge in [-0.3, -0.25) is 0 Å². The second-order valence-electron chi connectivity index (χ2n) is 16.8. The third-order valence-corrected chi connectivity index (χ3v) is 13.3. The van der Waals surface area contributed by atoms with Crippen LogP contribution in [0.3, 0.4) is 0 Å². The van der Waals surface area contributed by atoms with Crippen LogP contribution in [0.25, 0.3) is 115 Å². The summed E-state index contributed by atoms with van der Waals surface area (Å²) in [5.74, 6) is 0. The zero-order chi connectivity index (χ0) is 41.9. The van der Waals surface area contributed by atoms with Crippen molar-refractivity contribution in [1.82, 2.24) is 4.57 Å². The van der Waals surface area contributed by atoms with Gasteiger partial charge in [-0.15, -0.1) is 0 Å². The fourth-order valence-corrected chi connectivity index (χ4v) is 10.6. The first-order chi connectivity index (χ1) is 31.8. The molecule has 4 heteroatoms. The molecular weight excluding hydrogens is 781 g/mol. The zero-order valence-corrected chi connectivity index (χ0v) is 34.5. The lowest BCUT2D eigenvalue weighted by Crippen LogP contribution is -2.11. The van der Waals surface area contributed by atoms with Gasteiger partial charge >= 0.3 is 0 Å². The lowest BCUT2D eigenvalue weighted by Gasteiger charge is -2.27. The summed E-state index contributed by atoms with van der Waals surface area (Å²) in [6, 6.07) is 78.5. The maximum atomic E-state index is 6.87. The molecule has 0 radical (unpaired) electrons. The molecule has 298 valence electrons. The van der Waals surface area contributed by atoms with Crippen LogP contribution in [0.15, 0.2) is 227 Å². The number of aromatic nitrogens is 1. The highest BCUT2D eigenvalue weighted by atomic mass is 16.3. The normalized spacial score (nSPS) is 12.1. The summed E-state index contributed by atoms with van der Waals surface area (Å²) >= 11 is 0. The molecule has 0 aliphatic carbocycles. The Balaban J connectivity index is 1.14. The van der Waals surface area contributed by atoms with Crippen LogP contribution >= 0.6 is 0 Å². The van der Waals surface area contributed by atoms with Gasteiger partial charge in [0, 0.05) is 67.1 Å². The number of anilines is 3. The minimum atomic E-state index is 0.849. The van der Waals surface area contributed by atoms with Crippen molar-refractivity contribution in [2.45, 2.75) is 0 Å². The molecule has 0 unspecified atom stereocenters. The number of furan rings is 2. The van der Waals surface area contributed by atoms with E-state index in [0.717, 1.165) is 94.2 Å². The number of nitrogens with zero attached hydrogens (tertiary/aromatic N) is 2. The predicted octanol–water partition coefficient (Wildman–Crippen LogP) is 17.2. The Morgan fingerprint density at radius 1 is 0.328 bits per heavy atom. The number of hydrogen-bond acceptors (Lipinski definition) is 3. The minimum Gasteiger partial charge on any atom is -0.456 e. The Kier molecular flexibility index (Phi) is 7.36. The third-order valence-electron chi connectivity index (χ3n) is 13.3. The second kappa shape index (κ2) is 13.4. The average molecular weight is 817 g/mol. The molecule has 0 bridgehead atoms. The molecule has 4 nitrogen and oxygen atoms in total. The van der Waals surface area contributed by atoms with Crippen molar-refractivity contribution in [2.75, 3.05) is 4.90 Å². The maximum absolute atomic E-state index is 6.87. The molecule has 14 rings (SSSR count). The van der Waals surface area contributed by atoms with Crippen molar-refractivity contribution < 1.29 is 8.83 Å². The molecule has 0 aliphatic heterocycles. The van der Waals surface area contributed by atoms with Gasteiger partial charge in [-0.25, -0.2) is 0 Å². The van der Waals surface area contributed by atoms with Gasteiger partial charge < -0.3 is 18.3 Å². The summed E-state index contributed by atoms with van der Waals surface area (Å²) in [5.41, 5.74) is 12.1. The van der Waals surface area contributed by atoms with Gasteiger partial charge in [0.15, 0.2) is 0 Å². The Morgan fingerprint density at radius 3 is 1.61 bits per heavy atom. The van der Waals surface area contributed by atoms with E-state index in [0.29, 0.717) is 0 Å². The Hall–Kier alpha value is -8.60. The number of benzene rings is 11. The van der Waals surface area contributed by atoms with E-state index >= 15 is 0 Å². The van der Waals surface area contributed by atoms with Gasteiger partial charge in [0.25, 0.3) is 0 Å². The van der Waals surface area contributed by atoms with Crippen LogP contribution in [0, 0.1) is 0 Å². The smallest absolute Gasteiger partial charge is 0.138 e. The van der Waals surface area contributed by atoms with Crippen molar-refractivity contribution in [2.24, 2.45) is 0 Å². The van der Waals surface area contributed by atoms with Crippen LogP contribution in [0.1, 0.15) is 0 Å². The highest BCUT2D eigenvalue weighted by Crippen LogP contribution is 2.51. The molecule has 0 atom stereocenters. The van der Waals surface area contributed by atoms with Gasteiger partial charge in [0.05, 0.1) is 16.7 Å². The number of fused-ring (bicyclic) bond motifs is 15. The van der Waals surface area contributed by atoms with Crippen LogP contribution in [-0.2, 0) is 0 Å². The van der Waals surface area contributed by atoms with Crippen LogP contribution in [0.5, 0.6) is 0 Å². The zero-order valence-electron chi connectivity index (χ0n) is 34.5. The Morgan fingerprint density at radius 2 is 0.875 bits per heavy atom. The lowest BCUT2D eigenvalue weighted by atomic mass is 9.89. The van der Waals surface area contributed by atoms with Gasteiger partial charge in [-0.1, -0.05) is 146 Å². The fourth-order valence-electron chi connectivity index (χ4n) is 10.6. The maximum Gasteiger partial charge on any atom is 0.138 e. The first-order valence-electron chi connectivity index (χ1n) is 21.8. The molecule has 3 aromatic heterocycles. The first kappa shape index (κ1) is 35.0. The van der Waals surface area contributed by atoms with E-state index < -0.39 is 0 Å². The highest BCUT2D eigenvalue weighted by Gasteiger charge is 2.27. The van der Waals surface area contributed by atoms with Crippen molar-refractivity contribution in [3.63, 3.8) is 0 Å². The summed E-state index contributed by atoms with van der Waals surface area (Å²) in [5, 5.41) is 14.2. The molecule has 11 aromatic carbocycles. The molecule has 0 N–H and O–H groups in total. The predicted molar refractivity (Wildman–Crippen MR) is 268 cm³/mol. The minimum absolute atomic E-state index is 0.849. The lowest BCUT2D eigenvalue weighted by molar-refractivity contribution is 0.668. The van der Waals surface area contributed by atoms with Crippen LogP contribution in [0.4, 0.5) is 17.1 Å². The summed E-state index contributed by atoms with van der Waals surface area (Å²) < 4.78 is 15.8. The molecule has 0 saturated heterocycles. The van der Waals surface area contributed by atoms with Crippen LogP contribution in [0.2, 0.25) is 0 Å². The monoisotopic (exact) mass is 816 g/mol. The van der Waals surface area contributed by atoms with Gasteiger partial charge in [0.2, 0.25) is 0 Å². The van der Waals surface area contributed by atoms with E-state index in [1.165, 1.54) is 37.7 Å². The summed E-state index contributed by atoms with van der Waals surface area (Å²) in [6.45, 7) is 0. The highest BCUT2D eigenvalue weighted by molar-refractivity contribution is 6.30. The van der Waals surface area contributed by atoms with Crippen molar-refractivity contribution in [1.29, 1.82) is 0 Å². The van der Waals surface area contributed by atoms with E-state index in [-0.39, 0.29) is 0 Å². The van der Waals surface area contributed by atoms with Crippen molar-refractivity contribution >= 4 is 115 Å². The second-order valence-corrected chi connectivity index (χ2v) is 16.8. The van der Waals surface area contributed by atoms with Crippen LogP contribution in [-0.4, -0.2) is 4.57 Å². The molecule has 3 heterocycles. The molecule has 0 fully saturated rings. The SMILES string of the molecule is c1ccc(N(c2ccc3c(c2)oc2ccccc23)c2cccc3c4c(-c5ccc6c7ccccc7c7ccccc7c6c5)c5c(cc4n(-c4ccccc4)c23)oc2ccccc25)cc1. The number of rotatable bonds is 5. The van der Waals surface area contributed by atoms with Gasteiger partial charge in [-0.05, 0) is 98.5 Å². The molecule has 0 amide bonds. The Labute approximate surface area is 367 Å². The van der Waals surface area contributed by atoms with Gasteiger partial charge in [0.1, 0.15) is 22.3 Å². The largest absolute Gasteiger partial charge is 0.456 e. The Bertz CT molecular complexity index is 4160. The topological polar surface area (TPSA) is 34.5 Å². The fraction of sp³-hybridized carbons (Fsp3) is 0. The number of hydrogen-bond donors (Lipinski definition) is 0. The molecule has 14 aromatic rings. The standard InChI is InChI=1S/C60H36N2O2/c1-3-16-38(17-4-1)61(40-31-33-47-46-24-11-13-28-53(46)63-55(47)35-40)51-27-15-26-49-58-52(62(60(49)51)39-18-5-2-6-19-39)36-56-59(48-25-12-14-29-54(48)64-56)57(58)37-30-32-45-43-22-8-7-20-41(43)42-21-9-10-23-44(42)50(45)34-37/h1-36H.